The van der Waals surface area contributed by atoms with Crippen LogP contribution in [0.1, 0.15) is 30.8 Å². The van der Waals surface area contributed by atoms with E-state index in [1.54, 1.807) is 29.0 Å². The van der Waals surface area contributed by atoms with Crippen LogP contribution >= 0.6 is 0 Å². The molecule has 0 saturated heterocycles. The van der Waals surface area contributed by atoms with E-state index in [0.717, 1.165) is 28.1 Å². The van der Waals surface area contributed by atoms with E-state index in [1.807, 2.05) is 67.7 Å². The Morgan fingerprint density at radius 1 is 1.11 bits per heavy atom. The number of aryl methyl sites for hydroxylation is 1. The van der Waals surface area contributed by atoms with Crippen molar-refractivity contribution >= 4 is 22.6 Å². The molecule has 0 aliphatic rings. The Bertz CT molecular complexity index is 1740. The molecule has 0 bridgehead atoms. The highest BCUT2D eigenvalue weighted by Gasteiger charge is 2.16. The fourth-order valence-corrected chi connectivity index (χ4v) is 4.17. The van der Waals surface area contributed by atoms with Crippen LogP contribution in [0.25, 0.3) is 39.5 Å². The Labute approximate surface area is 220 Å². The van der Waals surface area contributed by atoms with Crippen LogP contribution in [0.15, 0.2) is 83.8 Å². The predicted octanol–water partition coefficient (Wildman–Crippen LogP) is 6.18. The Hall–Kier alpha value is -4.96. The molecule has 0 amide bonds. The van der Waals surface area contributed by atoms with E-state index in [2.05, 4.69) is 29.9 Å². The van der Waals surface area contributed by atoms with Crippen LogP contribution in [0, 0.1) is 24.2 Å². The van der Waals surface area contributed by atoms with Crippen LogP contribution in [0.4, 0.5) is 0 Å². The average Bonchev–Trinajstić information content (AvgIpc) is 3.35. The largest absolute Gasteiger partial charge is 0.493 e. The topological polar surface area (TPSA) is 96.6 Å². The minimum absolute atomic E-state index is 0.211. The van der Waals surface area contributed by atoms with Gasteiger partial charge in [0.15, 0.2) is 5.82 Å². The van der Waals surface area contributed by atoms with Gasteiger partial charge in [0.05, 0.1) is 28.8 Å². The third-order valence-corrected chi connectivity index (χ3v) is 6.07. The van der Waals surface area contributed by atoms with E-state index in [9.17, 15) is 10.1 Å². The number of nitrogens with one attached hydrogen (secondary N) is 1. The van der Waals surface area contributed by atoms with Gasteiger partial charge in [-0.1, -0.05) is 44.2 Å². The molecule has 5 rings (SSSR count). The van der Waals surface area contributed by atoms with Crippen LogP contribution in [-0.4, -0.2) is 26.4 Å². The van der Waals surface area contributed by atoms with E-state index in [1.165, 1.54) is 0 Å². The number of nitrogens with zero attached hydrogens (tertiary/aromatic N) is 4. The third kappa shape index (κ3) is 5.11. The van der Waals surface area contributed by atoms with Crippen LogP contribution in [0.5, 0.6) is 5.75 Å². The zero-order valence-electron chi connectivity index (χ0n) is 21.5. The third-order valence-electron chi connectivity index (χ3n) is 6.07. The van der Waals surface area contributed by atoms with Crippen molar-refractivity contribution in [2.75, 3.05) is 6.61 Å². The van der Waals surface area contributed by atoms with E-state index in [-0.39, 0.29) is 17.0 Å². The minimum atomic E-state index is -0.292. The van der Waals surface area contributed by atoms with Gasteiger partial charge in [-0.3, -0.25) is 4.79 Å². The van der Waals surface area contributed by atoms with E-state index in [4.69, 9.17) is 9.84 Å². The summed E-state index contributed by atoms with van der Waals surface area (Å²) in [6, 6.07) is 25.0. The molecule has 1 N–H and O–H groups in total. The van der Waals surface area contributed by atoms with Gasteiger partial charge in [0.1, 0.15) is 17.5 Å². The summed E-state index contributed by atoms with van der Waals surface area (Å²) in [4.78, 5) is 20.0. The molecule has 0 fully saturated rings. The van der Waals surface area contributed by atoms with Gasteiger partial charge in [-0.05, 0) is 66.9 Å². The maximum Gasteiger partial charge on any atom is 0.259 e. The number of hydrogen-bond donors (Lipinski definition) is 1. The number of para-hydroxylation sites is 2. The Balaban J connectivity index is 1.63. The van der Waals surface area contributed by atoms with Crippen LogP contribution in [-0.2, 0) is 0 Å². The summed E-state index contributed by atoms with van der Waals surface area (Å²) in [5.41, 5.74) is 4.65. The number of hydrogen-bond acceptors (Lipinski definition) is 5. The van der Waals surface area contributed by atoms with Crippen molar-refractivity contribution in [3.8, 4) is 28.8 Å². The first-order valence-electron chi connectivity index (χ1n) is 12.4. The summed E-state index contributed by atoms with van der Waals surface area (Å²) >= 11 is 0. The van der Waals surface area contributed by atoms with Gasteiger partial charge in [0.2, 0.25) is 0 Å². The minimum Gasteiger partial charge on any atom is -0.493 e. The standard InChI is InChI=1S/C31H27N5O2/c1-20(2)19-38-28-14-13-22(15-21(28)3)29-24(18-36(35-29)25-9-5-4-6-10-25)16-23(17-32)30-33-27-12-8-7-11-26(27)31(37)34-30/h4-16,18,20H,19H2,1-3H3,(H,33,34,37)/b23-16+. The number of allylic oxidation sites excluding steroid dienone is 1. The molecule has 2 aromatic heterocycles. The molecule has 0 aliphatic heterocycles. The monoisotopic (exact) mass is 501 g/mol. The lowest BCUT2D eigenvalue weighted by Gasteiger charge is -2.12. The highest BCUT2D eigenvalue weighted by Crippen LogP contribution is 2.31. The smallest absolute Gasteiger partial charge is 0.259 e. The van der Waals surface area contributed by atoms with Crippen molar-refractivity contribution in [2.24, 2.45) is 5.92 Å². The molecule has 2 heterocycles. The van der Waals surface area contributed by atoms with Crippen molar-refractivity contribution < 1.29 is 4.74 Å². The normalized spacial score (nSPS) is 11.6. The summed E-state index contributed by atoms with van der Waals surface area (Å²) in [5.74, 6) is 1.47. The van der Waals surface area contributed by atoms with Gasteiger partial charge >= 0.3 is 0 Å². The number of rotatable bonds is 7. The number of nitriles is 1. The number of aromatic nitrogens is 4. The number of benzene rings is 3. The molecule has 0 saturated carbocycles. The number of aromatic amines is 1. The van der Waals surface area contributed by atoms with Crippen molar-refractivity contribution in [1.82, 2.24) is 19.7 Å². The van der Waals surface area contributed by atoms with Gasteiger partial charge in [-0.2, -0.15) is 10.4 Å². The summed E-state index contributed by atoms with van der Waals surface area (Å²) in [5, 5.41) is 15.4. The zero-order chi connectivity index (χ0) is 26.6. The quantitative estimate of drug-likeness (QED) is 0.269. The van der Waals surface area contributed by atoms with Gasteiger partial charge in [0.25, 0.3) is 5.56 Å². The summed E-state index contributed by atoms with van der Waals surface area (Å²) in [6.07, 6.45) is 3.59. The molecule has 0 atom stereocenters. The first-order chi connectivity index (χ1) is 18.4. The lowest BCUT2D eigenvalue weighted by Crippen LogP contribution is -2.11. The Kier molecular flexibility index (Phi) is 6.88. The average molecular weight is 502 g/mol. The van der Waals surface area contributed by atoms with E-state index >= 15 is 0 Å². The van der Waals surface area contributed by atoms with Crippen molar-refractivity contribution in [1.29, 1.82) is 5.26 Å². The first kappa shape index (κ1) is 24.7. The van der Waals surface area contributed by atoms with Crippen molar-refractivity contribution in [3.05, 3.63) is 106 Å². The molecule has 0 radical (unpaired) electrons. The van der Waals surface area contributed by atoms with Gasteiger partial charge < -0.3 is 9.72 Å². The molecular weight excluding hydrogens is 474 g/mol. The second-order valence-corrected chi connectivity index (χ2v) is 9.50. The second kappa shape index (κ2) is 10.6. The first-order valence-corrected chi connectivity index (χ1v) is 12.4. The summed E-state index contributed by atoms with van der Waals surface area (Å²) < 4.78 is 7.74. The second-order valence-electron chi connectivity index (χ2n) is 9.50. The number of H-pyrrole nitrogens is 1. The number of ether oxygens (including phenoxy) is 1. The summed E-state index contributed by atoms with van der Waals surface area (Å²) in [7, 11) is 0. The SMILES string of the molecule is Cc1cc(-c2nn(-c3ccccc3)cc2/C=C(\C#N)c2nc3ccccc3c(=O)[nH]2)ccc1OCC(C)C. The molecular formula is C31H27N5O2. The molecule has 0 spiro atoms. The van der Waals surface area contributed by atoms with Crippen LogP contribution < -0.4 is 10.3 Å². The summed E-state index contributed by atoms with van der Waals surface area (Å²) in [6.45, 7) is 6.87. The van der Waals surface area contributed by atoms with Crippen molar-refractivity contribution in [3.63, 3.8) is 0 Å². The lowest BCUT2D eigenvalue weighted by molar-refractivity contribution is 0.269. The van der Waals surface area contributed by atoms with Crippen LogP contribution in [0.2, 0.25) is 0 Å². The van der Waals surface area contributed by atoms with Gasteiger partial charge in [-0.15, -0.1) is 0 Å². The van der Waals surface area contributed by atoms with E-state index in [0.29, 0.717) is 29.1 Å². The molecule has 5 aromatic rings. The van der Waals surface area contributed by atoms with Crippen LogP contribution in [0.3, 0.4) is 0 Å². The molecule has 3 aromatic carbocycles. The number of fused-ring (bicyclic) bond motifs is 1. The molecule has 0 unspecified atom stereocenters. The molecule has 188 valence electrons. The predicted molar refractivity (Wildman–Crippen MR) is 150 cm³/mol. The van der Waals surface area contributed by atoms with E-state index < -0.39 is 0 Å². The maximum absolute atomic E-state index is 12.7. The Morgan fingerprint density at radius 3 is 2.61 bits per heavy atom. The Morgan fingerprint density at radius 2 is 1.87 bits per heavy atom. The zero-order valence-corrected chi connectivity index (χ0v) is 21.5. The fourth-order valence-electron chi connectivity index (χ4n) is 4.17. The van der Waals surface area contributed by atoms with Gasteiger partial charge in [0, 0.05) is 17.3 Å². The van der Waals surface area contributed by atoms with Gasteiger partial charge in [-0.25, -0.2) is 9.67 Å². The molecule has 7 nitrogen and oxygen atoms in total. The van der Waals surface area contributed by atoms with Crippen molar-refractivity contribution in [2.45, 2.75) is 20.8 Å². The fraction of sp³-hybridized carbons (Fsp3) is 0.161. The lowest BCUT2D eigenvalue weighted by atomic mass is 10.0. The highest BCUT2D eigenvalue weighted by atomic mass is 16.5. The molecule has 38 heavy (non-hydrogen) atoms. The molecule has 7 heteroatoms. The highest BCUT2D eigenvalue weighted by molar-refractivity contribution is 5.91. The molecule has 0 aliphatic carbocycles. The maximum atomic E-state index is 12.7.